The topological polar surface area (TPSA) is 73.2 Å². The van der Waals surface area contributed by atoms with E-state index in [1.54, 1.807) is 0 Å². The van der Waals surface area contributed by atoms with Crippen molar-refractivity contribution in [3.8, 4) is 6.07 Å². The van der Waals surface area contributed by atoms with Gasteiger partial charge in [-0.05, 0) is 18.2 Å². The molecule has 5 nitrogen and oxygen atoms in total. The van der Waals surface area contributed by atoms with Crippen LogP contribution in [0.25, 0.3) is 0 Å². The van der Waals surface area contributed by atoms with Crippen molar-refractivity contribution in [2.24, 2.45) is 0 Å². The fourth-order valence-corrected chi connectivity index (χ4v) is 3.53. The van der Waals surface area contributed by atoms with E-state index in [2.05, 4.69) is 5.32 Å². The van der Waals surface area contributed by atoms with Gasteiger partial charge in [-0.3, -0.25) is 0 Å². The summed E-state index contributed by atoms with van der Waals surface area (Å²) in [5.74, 6) is 0. The average Bonchev–Trinajstić information content (AvgIpc) is 2.26. The molecule has 1 saturated heterocycles. The van der Waals surface area contributed by atoms with Crippen molar-refractivity contribution < 1.29 is 8.42 Å². The number of sulfonamides is 1. The molecule has 96 valence electrons. The molecule has 0 saturated carbocycles. The van der Waals surface area contributed by atoms with Crippen LogP contribution in [0.3, 0.4) is 0 Å². The van der Waals surface area contributed by atoms with Crippen molar-refractivity contribution in [1.82, 2.24) is 9.62 Å². The van der Waals surface area contributed by atoms with Gasteiger partial charge in [0.2, 0.25) is 10.0 Å². The molecule has 0 aromatic heterocycles. The molecule has 7 heteroatoms. The smallest absolute Gasteiger partial charge is 0.244 e. The summed E-state index contributed by atoms with van der Waals surface area (Å²) in [6, 6.07) is 6.06. The van der Waals surface area contributed by atoms with Crippen LogP contribution in [0, 0.1) is 11.3 Å². The normalized spacial score (nSPS) is 16.3. The number of benzene rings is 1. The highest BCUT2D eigenvalue weighted by Gasteiger charge is 2.32. The minimum atomic E-state index is -3.60. The molecule has 1 heterocycles. The van der Waals surface area contributed by atoms with Crippen molar-refractivity contribution >= 4 is 21.6 Å². The van der Waals surface area contributed by atoms with Gasteiger partial charge in [-0.2, -0.15) is 9.57 Å². The maximum absolute atomic E-state index is 12.3. The molecule has 0 atom stereocenters. The van der Waals surface area contributed by atoms with Crippen LogP contribution >= 0.6 is 11.6 Å². The third kappa shape index (κ3) is 2.22. The number of hydrogen-bond acceptors (Lipinski definition) is 4. The van der Waals surface area contributed by atoms with Crippen LogP contribution in [0.2, 0.25) is 5.02 Å². The predicted molar refractivity (Wildman–Crippen MR) is 67.8 cm³/mol. The van der Waals surface area contributed by atoms with Crippen molar-refractivity contribution in [3.63, 3.8) is 0 Å². The molecule has 1 aromatic carbocycles. The molecule has 0 unspecified atom stereocenters. The van der Waals surface area contributed by atoms with Crippen LogP contribution in [0.15, 0.2) is 23.1 Å². The Balaban J connectivity index is 2.38. The van der Waals surface area contributed by atoms with E-state index in [0.717, 1.165) is 0 Å². The monoisotopic (exact) mass is 285 g/mol. The maximum atomic E-state index is 12.3. The molecular formula is C11H12ClN3O2S. The summed E-state index contributed by atoms with van der Waals surface area (Å²) in [5.41, 5.74) is 0.340. The summed E-state index contributed by atoms with van der Waals surface area (Å²) in [6.45, 7) is 1.28. The first-order chi connectivity index (χ1) is 8.46. The molecule has 1 aliphatic heterocycles. The largest absolute Gasteiger partial charge is 0.313 e. The van der Waals surface area contributed by atoms with Gasteiger partial charge in [-0.25, -0.2) is 8.42 Å². The lowest BCUT2D eigenvalue weighted by atomic mass is 10.2. The van der Waals surface area contributed by atoms with E-state index < -0.39 is 10.0 Å². The fourth-order valence-electron chi connectivity index (χ4n) is 1.66. The SMILES string of the molecule is CN(C1CNC1)S(=O)(=O)c1ccc(C#N)cc1Cl. The van der Waals surface area contributed by atoms with Crippen LogP contribution in [-0.4, -0.2) is 38.9 Å². The van der Waals surface area contributed by atoms with Crippen molar-refractivity contribution in [1.29, 1.82) is 5.26 Å². The highest BCUT2D eigenvalue weighted by Crippen LogP contribution is 2.26. The summed E-state index contributed by atoms with van der Waals surface area (Å²) in [7, 11) is -2.07. The van der Waals surface area contributed by atoms with E-state index in [1.165, 1.54) is 29.6 Å². The Morgan fingerprint density at radius 1 is 1.50 bits per heavy atom. The number of nitrogens with zero attached hydrogens (tertiary/aromatic N) is 2. The molecule has 0 aliphatic carbocycles. The summed E-state index contributed by atoms with van der Waals surface area (Å²) in [6.07, 6.45) is 0. The number of hydrogen-bond donors (Lipinski definition) is 1. The van der Waals surface area contributed by atoms with Crippen LogP contribution in [0.5, 0.6) is 0 Å². The third-order valence-electron chi connectivity index (χ3n) is 2.99. The first kappa shape index (κ1) is 13.3. The van der Waals surface area contributed by atoms with E-state index in [1.807, 2.05) is 6.07 Å². The molecule has 1 fully saturated rings. The summed E-state index contributed by atoms with van der Waals surface area (Å²) in [5, 5.41) is 11.8. The number of likely N-dealkylation sites (N-methyl/N-ethyl adjacent to an activating group) is 1. The molecular weight excluding hydrogens is 274 g/mol. The predicted octanol–water partition coefficient (Wildman–Crippen LogP) is 0.804. The molecule has 0 bridgehead atoms. The Morgan fingerprint density at radius 3 is 2.61 bits per heavy atom. The minimum Gasteiger partial charge on any atom is -0.313 e. The quantitative estimate of drug-likeness (QED) is 0.892. The number of halogens is 1. The van der Waals surface area contributed by atoms with E-state index in [-0.39, 0.29) is 16.0 Å². The van der Waals surface area contributed by atoms with Crippen molar-refractivity contribution in [3.05, 3.63) is 28.8 Å². The van der Waals surface area contributed by atoms with Gasteiger partial charge in [0.1, 0.15) is 4.90 Å². The Labute approximate surface area is 111 Å². The zero-order chi connectivity index (χ0) is 13.3. The second-order valence-electron chi connectivity index (χ2n) is 4.09. The number of nitriles is 1. The Hall–Kier alpha value is -1.13. The van der Waals surface area contributed by atoms with Gasteiger partial charge in [0, 0.05) is 26.2 Å². The summed E-state index contributed by atoms with van der Waals surface area (Å²) < 4.78 is 26.0. The lowest BCUT2D eigenvalue weighted by molar-refractivity contribution is 0.274. The van der Waals surface area contributed by atoms with E-state index in [9.17, 15) is 8.42 Å². The van der Waals surface area contributed by atoms with E-state index in [4.69, 9.17) is 16.9 Å². The first-order valence-electron chi connectivity index (χ1n) is 5.35. The van der Waals surface area contributed by atoms with Crippen molar-refractivity contribution in [2.45, 2.75) is 10.9 Å². The van der Waals surface area contributed by atoms with Gasteiger partial charge < -0.3 is 5.32 Å². The first-order valence-corrected chi connectivity index (χ1v) is 7.17. The highest BCUT2D eigenvalue weighted by atomic mass is 35.5. The van der Waals surface area contributed by atoms with Gasteiger partial charge in [0.15, 0.2) is 0 Å². The lowest BCUT2D eigenvalue weighted by Crippen LogP contribution is -2.57. The molecule has 1 aromatic rings. The second kappa shape index (κ2) is 4.86. The fraction of sp³-hybridized carbons (Fsp3) is 0.364. The third-order valence-corrected chi connectivity index (χ3v) is 5.39. The zero-order valence-electron chi connectivity index (χ0n) is 9.72. The summed E-state index contributed by atoms with van der Waals surface area (Å²) in [4.78, 5) is 0.0394. The minimum absolute atomic E-state index is 0.0394. The van der Waals surface area contributed by atoms with E-state index in [0.29, 0.717) is 18.7 Å². The van der Waals surface area contributed by atoms with Gasteiger partial charge >= 0.3 is 0 Å². The summed E-state index contributed by atoms with van der Waals surface area (Å²) >= 11 is 5.93. The number of rotatable bonds is 3. The second-order valence-corrected chi connectivity index (χ2v) is 6.46. The average molecular weight is 286 g/mol. The standard InChI is InChI=1S/C11H12ClN3O2S/c1-15(9-6-14-7-9)18(16,17)11-3-2-8(5-13)4-10(11)12/h2-4,9,14H,6-7H2,1H3. The molecule has 1 N–H and O–H groups in total. The molecule has 0 spiro atoms. The molecule has 1 aliphatic rings. The van der Waals surface area contributed by atoms with Crippen LogP contribution < -0.4 is 5.32 Å². The zero-order valence-corrected chi connectivity index (χ0v) is 11.3. The van der Waals surface area contributed by atoms with Crippen LogP contribution in [0.4, 0.5) is 0 Å². The Morgan fingerprint density at radius 2 is 2.17 bits per heavy atom. The van der Waals surface area contributed by atoms with Gasteiger partial charge in [-0.15, -0.1) is 0 Å². The van der Waals surface area contributed by atoms with Crippen LogP contribution in [0.1, 0.15) is 5.56 Å². The maximum Gasteiger partial charge on any atom is 0.244 e. The highest BCUT2D eigenvalue weighted by molar-refractivity contribution is 7.89. The Bertz CT molecular complexity index is 605. The lowest BCUT2D eigenvalue weighted by Gasteiger charge is -2.34. The molecule has 0 amide bonds. The van der Waals surface area contributed by atoms with Gasteiger partial charge in [0.25, 0.3) is 0 Å². The van der Waals surface area contributed by atoms with Crippen molar-refractivity contribution in [2.75, 3.05) is 20.1 Å². The molecule has 2 rings (SSSR count). The van der Waals surface area contributed by atoms with Gasteiger partial charge in [0.05, 0.1) is 16.7 Å². The number of nitrogens with one attached hydrogen (secondary N) is 1. The molecule has 0 radical (unpaired) electrons. The Kier molecular flexibility index (Phi) is 3.59. The van der Waals surface area contributed by atoms with Crippen LogP contribution in [-0.2, 0) is 10.0 Å². The van der Waals surface area contributed by atoms with Gasteiger partial charge in [-0.1, -0.05) is 11.6 Å². The molecule has 18 heavy (non-hydrogen) atoms. The van der Waals surface area contributed by atoms with E-state index >= 15 is 0 Å².